The van der Waals surface area contributed by atoms with Crippen LogP contribution in [0.15, 0.2) is 53.6 Å². The molecule has 25 heavy (non-hydrogen) atoms. The minimum atomic E-state index is -0.167. The molecule has 1 fully saturated rings. The lowest BCUT2D eigenvalue weighted by molar-refractivity contribution is -0.115. The molecule has 6 heteroatoms. The fourth-order valence-corrected chi connectivity index (χ4v) is 3.57. The average Bonchev–Trinajstić information content (AvgIpc) is 2.64. The summed E-state index contributed by atoms with van der Waals surface area (Å²) in [6.07, 6.45) is 1.74. The minimum absolute atomic E-state index is 0.0111. The molecule has 1 saturated heterocycles. The largest absolute Gasteiger partial charge is 0.354 e. The smallest absolute Gasteiger partial charge is 0.237 e. The Labute approximate surface area is 153 Å². The molecule has 0 aliphatic carbocycles. The highest BCUT2D eigenvalue weighted by molar-refractivity contribution is 8.00. The first-order valence-electron chi connectivity index (χ1n) is 8.54. The maximum absolute atomic E-state index is 12.4. The van der Waals surface area contributed by atoms with Gasteiger partial charge in [-0.15, -0.1) is 11.8 Å². The van der Waals surface area contributed by atoms with E-state index in [1.807, 2.05) is 49.4 Å². The molecular weight excluding hydrogens is 332 g/mol. The zero-order valence-electron chi connectivity index (χ0n) is 14.7. The van der Waals surface area contributed by atoms with E-state index in [9.17, 15) is 4.79 Å². The first-order chi connectivity index (χ1) is 12.1. The zero-order valence-corrected chi connectivity index (χ0v) is 15.5. The van der Waals surface area contributed by atoms with Crippen molar-refractivity contribution in [1.82, 2.24) is 9.88 Å². The number of carbonyl (C=O) groups excluding carboxylic acids is 1. The zero-order chi connectivity index (χ0) is 17.6. The second-order valence-corrected chi connectivity index (χ2v) is 7.67. The number of benzene rings is 1. The molecule has 0 spiro atoms. The molecular formula is C19H24N4OS. The number of aromatic nitrogens is 1. The van der Waals surface area contributed by atoms with Gasteiger partial charge in [-0.3, -0.25) is 4.79 Å². The Bertz CT molecular complexity index is 684. The summed E-state index contributed by atoms with van der Waals surface area (Å²) in [5.74, 6) is 0.959. The standard InChI is InChI=1S/C19H24N4OS/c1-15(25-17-6-4-3-5-7-17)19(24)21-16-8-9-18(20-14-16)23-12-10-22(2)11-13-23/h3-9,14-15H,10-13H2,1-2H3,(H,21,24)/t15-/m0/s1. The average molecular weight is 356 g/mol. The van der Waals surface area contributed by atoms with Gasteiger partial charge in [-0.2, -0.15) is 0 Å². The van der Waals surface area contributed by atoms with Gasteiger partial charge in [-0.1, -0.05) is 18.2 Å². The SMILES string of the molecule is C[C@H](Sc1ccccc1)C(=O)Nc1ccc(N2CCN(C)CC2)nc1. The third-order valence-corrected chi connectivity index (χ3v) is 5.38. The molecule has 0 saturated carbocycles. The van der Waals surface area contributed by atoms with Crippen LogP contribution in [-0.4, -0.2) is 54.3 Å². The number of amides is 1. The van der Waals surface area contributed by atoms with Crippen molar-refractivity contribution in [3.05, 3.63) is 48.7 Å². The molecule has 5 nitrogen and oxygen atoms in total. The van der Waals surface area contributed by atoms with Gasteiger partial charge >= 0.3 is 0 Å². The van der Waals surface area contributed by atoms with Gasteiger partial charge in [0, 0.05) is 31.1 Å². The van der Waals surface area contributed by atoms with Crippen LogP contribution in [0.1, 0.15) is 6.92 Å². The molecule has 1 aromatic heterocycles. The van der Waals surface area contributed by atoms with Crippen LogP contribution in [0.2, 0.25) is 0 Å². The molecule has 1 amide bonds. The van der Waals surface area contributed by atoms with Gasteiger partial charge in [0.25, 0.3) is 0 Å². The van der Waals surface area contributed by atoms with Gasteiger partial charge in [0.2, 0.25) is 5.91 Å². The molecule has 0 bridgehead atoms. The van der Waals surface area contributed by atoms with Crippen molar-refractivity contribution < 1.29 is 4.79 Å². The van der Waals surface area contributed by atoms with E-state index in [0.717, 1.165) is 42.6 Å². The molecule has 1 atom stereocenters. The first-order valence-corrected chi connectivity index (χ1v) is 9.42. The topological polar surface area (TPSA) is 48.5 Å². The second-order valence-electron chi connectivity index (χ2n) is 6.26. The number of likely N-dealkylation sites (N-methyl/N-ethyl adjacent to an activating group) is 1. The summed E-state index contributed by atoms with van der Waals surface area (Å²) in [5, 5.41) is 2.78. The summed E-state index contributed by atoms with van der Waals surface area (Å²) in [5.41, 5.74) is 0.739. The summed E-state index contributed by atoms with van der Waals surface area (Å²) < 4.78 is 0. The maximum atomic E-state index is 12.4. The number of thioether (sulfide) groups is 1. The number of hydrogen-bond donors (Lipinski definition) is 1. The monoisotopic (exact) mass is 356 g/mol. The Kier molecular flexibility index (Phi) is 5.94. The van der Waals surface area contributed by atoms with Crippen LogP contribution in [0.5, 0.6) is 0 Å². The number of nitrogens with zero attached hydrogens (tertiary/aromatic N) is 3. The summed E-state index contributed by atoms with van der Waals surface area (Å²) in [4.78, 5) is 22.6. The van der Waals surface area contributed by atoms with Crippen LogP contribution in [-0.2, 0) is 4.79 Å². The summed E-state index contributed by atoms with van der Waals surface area (Å²) >= 11 is 1.55. The van der Waals surface area contributed by atoms with Gasteiger partial charge < -0.3 is 15.1 Å². The van der Waals surface area contributed by atoms with E-state index in [1.54, 1.807) is 18.0 Å². The third-order valence-electron chi connectivity index (χ3n) is 4.27. The van der Waals surface area contributed by atoms with E-state index in [2.05, 4.69) is 27.1 Å². The van der Waals surface area contributed by atoms with E-state index in [4.69, 9.17) is 0 Å². The predicted octanol–water partition coefficient (Wildman–Crippen LogP) is 2.95. The normalized spacial score (nSPS) is 16.5. The van der Waals surface area contributed by atoms with Crippen molar-refractivity contribution >= 4 is 29.2 Å². The fraction of sp³-hybridized carbons (Fsp3) is 0.368. The fourth-order valence-electron chi connectivity index (χ4n) is 2.68. The lowest BCUT2D eigenvalue weighted by Gasteiger charge is -2.33. The first kappa shape index (κ1) is 17.8. The van der Waals surface area contributed by atoms with Gasteiger partial charge in [0.05, 0.1) is 17.1 Å². The third kappa shape index (κ3) is 4.96. The Hall–Kier alpha value is -2.05. The van der Waals surface area contributed by atoms with Crippen molar-refractivity contribution in [2.75, 3.05) is 43.4 Å². The Morgan fingerprint density at radius 1 is 1.12 bits per heavy atom. The molecule has 3 rings (SSSR count). The van der Waals surface area contributed by atoms with Crippen LogP contribution >= 0.6 is 11.8 Å². The number of pyridine rings is 1. The van der Waals surface area contributed by atoms with Gasteiger partial charge in [-0.25, -0.2) is 4.98 Å². The highest BCUT2D eigenvalue weighted by Gasteiger charge is 2.17. The quantitative estimate of drug-likeness (QED) is 0.835. The van der Waals surface area contributed by atoms with Gasteiger partial charge in [-0.05, 0) is 38.2 Å². The van der Waals surface area contributed by atoms with Crippen molar-refractivity contribution in [2.45, 2.75) is 17.1 Å². The van der Waals surface area contributed by atoms with E-state index >= 15 is 0 Å². The summed E-state index contributed by atoms with van der Waals surface area (Å²) in [6, 6.07) is 13.9. The highest BCUT2D eigenvalue weighted by Crippen LogP contribution is 2.24. The lowest BCUT2D eigenvalue weighted by atomic mass is 10.3. The van der Waals surface area contributed by atoms with Crippen molar-refractivity contribution in [1.29, 1.82) is 0 Å². The molecule has 0 unspecified atom stereocenters. The second kappa shape index (κ2) is 8.36. The maximum Gasteiger partial charge on any atom is 0.237 e. The Morgan fingerprint density at radius 3 is 2.48 bits per heavy atom. The van der Waals surface area contributed by atoms with E-state index in [1.165, 1.54) is 0 Å². The molecule has 0 radical (unpaired) electrons. The van der Waals surface area contributed by atoms with Crippen molar-refractivity contribution in [3.63, 3.8) is 0 Å². The predicted molar refractivity (Wildman–Crippen MR) is 104 cm³/mol. The van der Waals surface area contributed by atoms with Crippen LogP contribution in [0.25, 0.3) is 0 Å². The number of anilines is 2. The van der Waals surface area contributed by atoms with Crippen LogP contribution < -0.4 is 10.2 Å². The minimum Gasteiger partial charge on any atom is -0.354 e. The Morgan fingerprint density at radius 2 is 1.84 bits per heavy atom. The number of hydrogen-bond acceptors (Lipinski definition) is 5. The van der Waals surface area contributed by atoms with Gasteiger partial charge in [0.15, 0.2) is 0 Å². The Balaban J connectivity index is 1.54. The lowest BCUT2D eigenvalue weighted by Crippen LogP contribution is -2.44. The molecule has 1 aromatic carbocycles. The van der Waals surface area contributed by atoms with Crippen molar-refractivity contribution in [3.8, 4) is 0 Å². The van der Waals surface area contributed by atoms with E-state index < -0.39 is 0 Å². The van der Waals surface area contributed by atoms with Gasteiger partial charge in [0.1, 0.15) is 5.82 Å². The highest BCUT2D eigenvalue weighted by atomic mass is 32.2. The molecule has 1 aliphatic rings. The summed E-state index contributed by atoms with van der Waals surface area (Å²) in [6.45, 7) is 5.99. The van der Waals surface area contributed by atoms with Crippen LogP contribution in [0.3, 0.4) is 0 Å². The van der Waals surface area contributed by atoms with E-state index in [-0.39, 0.29) is 11.2 Å². The number of piperazine rings is 1. The molecule has 2 heterocycles. The molecule has 132 valence electrons. The molecule has 1 aliphatic heterocycles. The van der Waals surface area contributed by atoms with Crippen molar-refractivity contribution in [2.24, 2.45) is 0 Å². The number of nitrogens with one attached hydrogen (secondary N) is 1. The van der Waals surface area contributed by atoms with Crippen LogP contribution in [0.4, 0.5) is 11.5 Å². The van der Waals surface area contributed by atoms with Crippen LogP contribution in [0, 0.1) is 0 Å². The number of rotatable bonds is 5. The number of carbonyl (C=O) groups is 1. The summed E-state index contributed by atoms with van der Waals surface area (Å²) in [7, 11) is 2.14. The van der Waals surface area contributed by atoms with E-state index in [0.29, 0.717) is 0 Å². The molecule has 2 aromatic rings. The molecule has 1 N–H and O–H groups in total.